The fourth-order valence-corrected chi connectivity index (χ4v) is 2.59. The third-order valence-electron chi connectivity index (χ3n) is 3.47. The Morgan fingerprint density at radius 1 is 0.808 bits per heavy atom. The van der Waals surface area contributed by atoms with Crippen LogP contribution in [0.5, 0.6) is 0 Å². The molecule has 0 aliphatic rings. The summed E-state index contributed by atoms with van der Waals surface area (Å²) in [5, 5.41) is 6.33. The van der Waals surface area contributed by atoms with Gasteiger partial charge >= 0.3 is 0 Å². The summed E-state index contributed by atoms with van der Waals surface area (Å²) in [6, 6.07) is 15.1. The number of pyridine rings is 1. The minimum atomic E-state index is -0.414. The number of anilines is 2. The Labute approximate surface area is 160 Å². The molecule has 7 heteroatoms. The van der Waals surface area contributed by atoms with Crippen LogP contribution in [0, 0.1) is 0 Å². The van der Waals surface area contributed by atoms with Crippen molar-refractivity contribution in [2.75, 3.05) is 10.6 Å². The lowest BCUT2D eigenvalue weighted by Gasteiger charge is -2.09. The normalized spacial score (nSPS) is 10.2. The molecule has 0 aliphatic carbocycles. The zero-order valence-corrected chi connectivity index (χ0v) is 14.9. The summed E-state index contributed by atoms with van der Waals surface area (Å²) >= 11 is 11.9. The highest BCUT2D eigenvalue weighted by molar-refractivity contribution is 6.34. The third-order valence-corrected chi connectivity index (χ3v) is 4.03. The van der Waals surface area contributed by atoms with Crippen LogP contribution >= 0.6 is 23.2 Å². The maximum absolute atomic E-state index is 12.4. The Balaban J connectivity index is 1.76. The molecule has 0 saturated heterocycles. The van der Waals surface area contributed by atoms with Gasteiger partial charge in [-0.25, -0.2) is 0 Å². The molecule has 5 nitrogen and oxygen atoms in total. The number of amides is 2. The van der Waals surface area contributed by atoms with Crippen molar-refractivity contribution in [1.29, 1.82) is 0 Å². The first-order valence-electron chi connectivity index (χ1n) is 7.61. The van der Waals surface area contributed by atoms with E-state index in [0.29, 0.717) is 21.4 Å². The Hall–Kier alpha value is -2.89. The molecule has 0 spiro atoms. The molecule has 0 fully saturated rings. The minimum Gasteiger partial charge on any atom is -0.322 e. The lowest BCUT2D eigenvalue weighted by atomic mass is 10.1. The number of hydrogen-bond donors (Lipinski definition) is 2. The largest absolute Gasteiger partial charge is 0.322 e. The number of carbonyl (C=O) groups is 2. The van der Waals surface area contributed by atoms with Gasteiger partial charge in [-0.05, 0) is 36.4 Å². The van der Waals surface area contributed by atoms with E-state index in [4.69, 9.17) is 23.2 Å². The van der Waals surface area contributed by atoms with Gasteiger partial charge in [-0.3, -0.25) is 14.6 Å². The van der Waals surface area contributed by atoms with Crippen LogP contribution in [0.3, 0.4) is 0 Å². The van der Waals surface area contributed by atoms with E-state index in [-0.39, 0.29) is 11.1 Å². The first-order valence-corrected chi connectivity index (χ1v) is 8.36. The summed E-state index contributed by atoms with van der Waals surface area (Å²) in [6.45, 7) is 0. The van der Waals surface area contributed by atoms with Crippen molar-refractivity contribution in [1.82, 2.24) is 4.98 Å². The van der Waals surface area contributed by atoms with E-state index < -0.39 is 11.8 Å². The highest BCUT2D eigenvalue weighted by atomic mass is 35.5. The van der Waals surface area contributed by atoms with Crippen molar-refractivity contribution < 1.29 is 9.59 Å². The van der Waals surface area contributed by atoms with Crippen molar-refractivity contribution in [3.05, 3.63) is 88.2 Å². The summed E-state index contributed by atoms with van der Waals surface area (Å²) in [5.74, 6) is -0.810. The van der Waals surface area contributed by atoms with Gasteiger partial charge in [0.1, 0.15) is 0 Å². The molecule has 0 aliphatic heterocycles. The highest BCUT2D eigenvalue weighted by Crippen LogP contribution is 2.21. The summed E-state index contributed by atoms with van der Waals surface area (Å²) in [6.07, 6.45) is 2.76. The van der Waals surface area contributed by atoms with Crippen molar-refractivity contribution in [3.63, 3.8) is 0 Å². The summed E-state index contributed by atoms with van der Waals surface area (Å²) in [4.78, 5) is 28.7. The van der Waals surface area contributed by atoms with Gasteiger partial charge in [0.15, 0.2) is 0 Å². The zero-order chi connectivity index (χ0) is 18.5. The van der Waals surface area contributed by atoms with Gasteiger partial charge in [-0.2, -0.15) is 0 Å². The average molecular weight is 386 g/mol. The Bertz CT molecular complexity index is 976. The van der Waals surface area contributed by atoms with E-state index >= 15 is 0 Å². The van der Waals surface area contributed by atoms with Crippen LogP contribution in [0.4, 0.5) is 11.4 Å². The van der Waals surface area contributed by atoms with E-state index in [1.165, 1.54) is 18.5 Å². The molecule has 0 unspecified atom stereocenters. The smallest absolute Gasteiger partial charge is 0.257 e. The third kappa shape index (κ3) is 4.39. The lowest BCUT2D eigenvalue weighted by Crippen LogP contribution is -2.16. The molecule has 0 bridgehead atoms. The van der Waals surface area contributed by atoms with Gasteiger partial charge < -0.3 is 10.6 Å². The molecular weight excluding hydrogens is 373 g/mol. The van der Waals surface area contributed by atoms with E-state index in [1.54, 1.807) is 48.5 Å². The maximum Gasteiger partial charge on any atom is 0.257 e. The molecule has 2 amide bonds. The zero-order valence-electron chi connectivity index (χ0n) is 13.4. The predicted octanol–water partition coefficient (Wildman–Crippen LogP) is 4.89. The molecule has 0 radical (unpaired) electrons. The first kappa shape index (κ1) is 17.9. The summed E-state index contributed by atoms with van der Waals surface area (Å²) in [7, 11) is 0. The first-order chi connectivity index (χ1) is 12.5. The van der Waals surface area contributed by atoms with Crippen LogP contribution < -0.4 is 10.6 Å². The monoisotopic (exact) mass is 385 g/mol. The van der Waals surface area contributed by atoms with Crippen LogP contribution in [0.1, 0.15) is 20.7 Å². The van der Waals surface area contributed by atoms with Crippen molar-refractivity contribution in [2.24, 2.45) is 0 Å². The Morgan fingerprint density at radius 3 is 2.19 bits per heavy atom. The molecule has 130 valence electrons. The van der Waals surface area contributed by atoms with Crippen LogP contribution in [0.2, 0.25) is 10.0 Å². The SMILES string of the molecule is O=C(Nc1cccc(Cl)c1)c1cncc(C(=O)Nc2ccccc2Cl)c1. The molecule has 2 aromatic carbocycles. The standard InChI is InChI=1S/C19H13Cl2N3O2/c20-14-4-3-5-15(9-14)23-18(25)12-8-13(11-22-10-12)19(26)24-17-7-2-1-6-16(17)21/h1-11H,(H,23,25)(H,24,26). The molecule has 3 aromatic rings. The van der Waals surface area contributed by atoms with Gasteiger partial charge in [-0.1, -0.05) is 41.4 Å². The number of para-hydroxylation sites is 1. The van der Waals surface area contributed by atoms with E-state index in [1.807, 2.05) is 0 Å². The van der Waals surface area contributed by atoms with Gasteiger partial charge in [0.2, 0.25) is 0 Å². The number of nitrogens with zero attached hydrogens (tertiary/aromatic N) is 1. The highest BCUT2D eigenvalue weighted by Gasteiger charge is 2.13. The number of carbonyl (C=O) groups excluding carboxylic acids is 2. The molecule has 26 heavy (non-hydrogen) atoms. The molecule has 1 heterocycles. The lowest BCUT2D eigenvalue weighted by molar-refractivity contribution is 0.102. The van der Waals surface area contributed by atoms with Crippen molar-refractivity contribution >= 4 is 46.4 Å². The maximum atomic E-state index is 12.4. The van der Waals surface area contributed by atoms with E-state index in [9.17, 15) is 9.59 Å². The van der Waals surface area contributed by atoms with Crippen molar-refractivity contribution in [3.8, 4) is 0 Å². The molecule has 0 saturated carbocycles. The average Bonchev–Trinajstić information content (AvgIpc) is 2.63. The fraction of sp³-hybridized carbons (Fsp3) is 0. The quantitative estimate of drug-likeness (QED) is 0.671. The van der Waals surface area contributed by atoms with Crippen LogP contribution in [-0.2, 0) is 0 Å². The Kier molecular flexibility index (Phi) is 5.51. The van der Waals surface area contributed by atoms with Gasteiger partial charge in [0.25, 0.3) is 11.8 Å². The topological polar surface area (TPSA) is 71.1 Å². The fourth-order valence-electron chi connectivity index (χ4n) is 2.21. The number of aromatic nitrogens is 1. The predicted molar refractivity (Wildman–Crippen MR) is 103 cm³/mol. The molecule has 3 rings (SSSR count). The molecule has 0 atom stereocenters. The number of benzene rings is 2. The Morgan fingerprint density at radius 2 is 1.50 bits per heavy atom. The van der Waals surface area contributed by atoms with E-state index in [0.717, 1.165) is 0 Å². The minimum absolute atomic E-state index is 0.240. The summed E-state index contributed by atoms with van der Waals surface area (Å²) < 4.78 is 0. The van der Waals surface area contributed by atoms with Crippen LogP contribution in [0.15, 0.2) is 67.0 Å². The van der Waals surface area contributed by atoms with Gasteiger partial charge in [0, 0.05) is 23.1 Å². The van der Waals surface area contributed by atoms with Gasteiger partial charge in [-0.15, -0.1) is 0 Å². The number of rotatable bonds is 4. The number of nitrogens with one attached hydrogen (secondary N) is 2. The summed E-state index contributed by atoms with van der Waals surface area (Å²) in [5.41, 5.74) is 1.52. The molecular formula is C19H13Cl2N3O2. The molecule has 2 N–H and O–H groups in total. The van der Waals surface area contributed by atoms with Crippen LogP contribution in [-0.4, -0.2) is 16.8 Å². The number of halogens is 2. The van der Waals surface area contributed by atoms with Crippen LogP contribution in [0.25, 0.3) is 0 Å². The van der Waals surface area contributed by atoms with Crippen molar-refractivity contribution in [2.45, 2.75) is 0 Å². The van der Waals surface area contributed by atoms with E-state index in [2.05, 4.69) is 15.6 Å². The number of hydrogen-bond acceptors (Lipinski definition) is 3. The second-order valence-corrected chi connectivity index (χ2v) is 6.20. The molecule has 1 aromatic heterocycles. The second-order valence-electron chi connectivity index (χ2n) is 5.36. The second kappa shape index (κ2) is 7.99. The van der Waals surface area contributed by atoms with Gasteiger partial charge in [0.05, 0.1) is 21.8 Å².